The summed E-state index contributed by atoms with van der Waals surface area (Å²) in [5.74, 6) is 0. The predicted molar refractivity (Wildman–Crippen MR) is 76.6 cm³/mol. The number of aryl methyl sites for hydroxylation is 4. The minimum atomic E-state index is 0.866. The first-order valence-electron chi connectivity index (χ1n) is 6.49. The maximum absolute atomic E-state index is 5.82. The highest BCUT2D eigenvalue weighted by atomic mass is 14.7. The van der Waals surface area contributed by atoms with E-state index in [9.17, 15) is 0 Å². The zero-order valence-corrected chi connectivity index (χ0v) is 11.1. The van der Waals surface area contributed by atoms with Crippen molar-refractivity contribution in [2.75, 3.05) is 5.73 Å². The van der Waals surface area contributed by atoms with Crippen LogP contribution in [-0.4, -0.2) is 4.98 Å². The van der Waals surface area contributed by atoms with Gasteiger partial charge < -0.3 is 5.73 Å². The molecule has 0 unspecified atom stereocenters. The van der Waals surface area contributed by atoms with Crippen LogP contribution < -0.4 is 5.73 Å². The van der Waals surface area contributed by atoms with Gasteiger partial charge in [-0.15, -0.1) is 0 Å². The monoisotopic (exact) mass is 240 g/mol. The molecule has 0 amide bonds. The highest BCUT2D eigenvalue weighted by molar-refractivity contribution is 5.47. The molecule has 0 radical (unpaired) electrons. The molecule has 0 bridgehead atoms. The molecule has 2 N–H and O–H groups in total. The number of aromatic nitrogens is 1. The molecule has 2 aromatic rings. The fourth-order valence-electron chi connectivity index (χ4n) is 2.03. The Labute approximate surface area is 109 Å². The lowest BCUT2D eigenvalue weighted by Crippen LogP contribution is -1.98. The van der Waals surface area contributed by atoms with Gasteiger partial charge in [0.15, 0.2) is 0 Å². The number of rotatable bonds is 4. The highest BCUT2D eigenvalue weighted by Gasteiger charge is 2.00. The summed E-state index contributed by atoms with van der Waals surface area (Å²) in [5, 5.41) is 0. The van der Waals surface area contributed by atoms with Crippen molar-refractivity contribution < 1.29 is 0 Å². The molecule has 94 valence electrons. The molecule has 0 fully saturated rings. The van der Waals surface area contributed by atoms with Crippen molar-refractivity contribution in [2.24, 2.45) is 0 Å². The quantitative estimate of drug-likeness (QED) is 0.833. The van der Waals surface area contributed by atoms with Crippen molar-refractivity contribution in [1.29, 1.82) is 0 Å². The van der Waals surface area contributed by atoms with Crippen LogP contribution in [0.2, 0.25) is 0 Å². The fraction of sp³-hybridized carbons (Fsp3) is 0.312. The van der Waals surface area contributed by atoms with E-state index < -0.39 is 0 Å². The van der Waals surface area contributed by atoms with Crippen molar-refractivity contribution in [3.8, 4) is 0 Å². The Bertz CT molecular complexity index is 532. The molecule has 0 aliphatic carbocycles. The van der Waals surface area contributed by atoms with Crippen LogP contribution in [0.1, 0.15) is 29.4 Å². The van der Waals surface area contributed by atoms with Crippen molar-refractivity contribution >= 4 is 5.69 Å². The summed E-state index contributed by atoms with van der Waals surface area (Å²) in [6.45, 7) is 4.18. The molecule has 1 aromatic carbocycles. The van der Waals surface area contributed by atoms with Crippen LogP contribution in [0.4, 0.5) is 5.69 Å². The first kappa shape index (κ1) is 12.6. The summed E-state index contributed by atoms with van der Waals surface area (Å²) in [6, 6.07) is 12.5. The van der Waals surface area contributed by atoms with Gasteiger partial charge in [-0.3, -0.25) is 4.98 Å². The van der Waals surface area contributed by atoms with E-state index in [0.29, 0.717) is 0 Å². The molecule has 0 aliphatic heterocycles. The molecule has 2 nitrogen and oxygen atoms in total. The van der Waals surface area contributed by atoms with E-state index >= 15 is 0 Å². The lowest BCUT2D eigenvalue weighted by atomic mass is 10.0. The number of nitrogen functional groups attached to an aromatic ring is 1. The first-order chi connectivity index (χ1) is 8.69. The lowest BCUT2D eigenvalue weighted by molar-refractivity contribution is 0.885. The van der Waals surface area contributed by atoms with E-state index in [0.717, 1.165) is 30.5 Å². The van der Waals surface area contributed by atoms with Crippen LogP contribution >= 0.6 is 0 Å². The van der Waals surface area contributed by atoms with Crippen LogP contribution in [-0.2, 0) is 19.3 Å². The largest absolute Gasteiger partial charge is 0.399 e. The van der Waals surface area contributed by atoms with Gasteiger partial charge in [-0.2, -0.15) is 0 Å². The van der Waals surface area contributed by atoms with E-state index in [2.05, 4.69) is 49.2 Å². The van der Waals surface area contributed by atoms with Crippen molar-refractivity contribution in [2.45, 2.75) is 33.1 Å². The summed E-state index contributed by atoms with van der Waals surface area (Å²) in [4.78, 5) is 4.62. The number of nitrogens with zero attached hydrogens (tertiary/aromatic N) is 1. The van der Waals surface area contributed by atoms with Gasteiger partial charge in [-0.1, -0.05) is 25.1 Å². The van der Waals surface area contributed by atoms with Crippen LogP contribution in [0.25, 0.3) is 0 Å². The minimum absolute atomic E-state index is 0.866. The average Bonchev–Trinajstić information content (AvgIpc) is 2.40. The van der Waals surface area contributed by atoms with Gasteiger partial charge in [0, 0.05) is 17.1 Å². The topological polar surface area (TPSA) is 38.9 Å². The number of hydrogen-bond acceptors (Lipinski definition) is 2. The Balaban J connectivity index is 2.04. The van der Waals surface area contributed by atoms with Crippen LogP contribution in [0.5, 0.6) is 0 Å². The Hall–Kier alpha value is -1.83. The first-order valence-corrected chi connectivity index (χ1v) is 6.49. The van der Waals surface area contributed by atoms with Gasteiger partial charge in [0.2, 0.25) is 0 Å². The summed E-state index contributed by atoms with van der Waals surface area (Å²) in [7, 11) is 0. The molecular formula is C16H20N2. The molecule has 18 heavy (non-hydrogen) atoms. The van der Waals surface area contributed by atoms with Gasteiger partial charge in [0.1, 0.15) is 0 Å². The Morgan fingerprint density at radius 1 is 1.06 bits per heavy atom. The Morgan fingerprint density at radius 2 is 1.83 bits per heavy atom. The maximum Gasteiger partial charge on any atom is 0.0410 e. The summed E-state index contributed by atoms with van der Waals surface area (Å²) >= 11 is 0. The molecule has 0 saturated heterocycles. The van der Waals surface area contributed by atoms with Gasteiger partial charge in [-0.05, 0) is 55.5 Å². The van der Waals surface area contributed by atoms with E-state index in [1.54, 1.807) is 0 Å². The Kier molecular flexibility index (Phi) is 3.98. The van der Waals surface area contributed by atoms with E-state index in [-0.39, 0.29) is 0 Å². The predicted octanol–water partition coefficient (Wildman–Crippen LogP) is 3.32. The molecular weight excluding hydrogens is 220 g/mol. The normalized spacial score (nSPS) is 10.6. The zero-order chi connectivity index (χ0) is 13.0. The third kappa shape index (κ3) is 3.10. The van der Waals surface area contributed by atoms with Crippen LogP contribution in [0.15, 0.2) is 36.4 Å². The number of pyridine rings is 1. The molecule has 2 rings (SSSR count). The highest BCUT2D eigenvalue weighted by Crippen LogP contribution is 2.14. The van der Waals surface area contributed by atoms with E-state index in [4.69, 9.17) is 5.73 Å². The average molecular weight is 240 g/mol. The Morgan fingerprint density at radius 3 is 2.56 bits per heavy atom. The molecule has 0 spiro atoms. The van der Waals surface area contributed by atoms with Gasteiger partial charge in [0.25, 0.3) is 0 Å². The third-order valence-corrected chi connectivity index (χ3v) is 3.23. The number of benzene rings is 1. The summed E-state index contributed by atoms with van der Waals surface area (Å²) < 4.78 is 0. The zero-order valence-electron chi connectivity index (χ0n) is 11.1. The molecule has 0 saturated carbocycles. The second kappa shape index (κ2) is 5.67. The van der Waals surface area contributed by atoms with Crippen LogP contribution in [0.3, 0.4) is 0 Å². The van der Waals surface area contributed by atoms with Crippen molar-refractivity contribution in [1.82, 2.24) is 4.98 Å². The maximum atomic E-state index is 5.82. The smallest absolute Gasteiger partial charge is 0.0410 e. The SMILES string of the molecule is CCc1cccc(CCc2ccc(N)c(C)c2)n1. The molecule has 0 atom stereocenters. The number of anilines is 1. The van der Waals surface area contributed by atoms with Crippen molar-refractivity contribution in [3.05, 3.63) is 58.9 Å². The standard InChI is InChI=1S/C16H20N2/c1-3-14-5-4-6-15(18-14)9-7-13-8-10-16(17)12(2)11-13/h4-6,8,10-11H,3,7,9,17H2,1-2H3. The molecule has 0 aliphatic rings. The minimum Gasteiger partial charge on any atom is -0.399 e. The number of nitrogens with two attached hydrogens (primary N) is 1. The van der Waals surface area contributed by atoms with Gasteiger partial charge in [-0.25, -0.2) is 0 Å². The summed E-state index contributed by atoms with van der Waals surface area (Å²) in [6.07, 6.45) is 2.99. The molecule has 1 heterocycles. The van der Waals surface area contributed by atoms with E-state index in [1.807, 2.05) is 6.07 Å². The second-order valence-electron chi connectivity index (χ2n) is 4.66. The van der Waals surface area contributed by atoms with Crippen molar-refractivity contribution in [3.63, 3.8) is 0 Å². The second-order valence-corrected chi connectivity index (χ2v) is 4.66. The third-order valence-electron chi connectivity index (χ3n) is 3.23. The number of hydrogen-bond donors (Lipinski definition) is 1. The lowest BCUT2D eigenvalue weighted by Gasteiger charge is -2.06. The van der Waals surface area contributed by atoms with E-state index in [1.165, 1.54) is 17.0 Å². The molecule has 1 aromatic heterocycles. The fourth-order valence-corrected chi connectivity index (χ4v) is 2.03. The summed E-state index contributed by atoms with van der Waals surface area (Å²) in [5.41, 5.74) is 11.5. The van der Waals surface area contributed by atoms with Gasteiger partial charge in [0.05, 0.1) is 0 Å². The van der Waals surface area contributed by atoms with Gasteiger partial charge >= 0.3 is 0 Å². The van der Waals surface area contributed by atoms with Crippen LogP contribution in [0, 0.1) is 6.92 Å². The molecule has 2 heteroatoms.